The van der Waals surface area contributed by atoms with Gasteiger partial charge in [0, 0.05) is 44.2 Å². The number of ether oxygens (including phenoxy) is 1. The molecule has 0 unspecified atom stereocenters. The topological polar surface area (TPSA) is 97.2 Å². The number of hydrogen-bond acceptors (Lipinski definition) is 9. The summed E-state index contributed by atoms with van der Waals surface area (Å²) in [5.41, 5.74) is 0. The SMILES string of the molecule is CCCC(=O)OCCc1nccc(N2[C@H](C)CN(c3ncnc(C)n3)C[C@@H]2C)n1. The van der Waals surface area contributed by atoms with E-state index in [1.54, 1.807) is 12.5 Å². The third-order valence-electron chi connectivity index (χ3n) is 4.88. The van der Waals surface area contributed by atoms with Gasteiger partial charge in [0.15, 0.2) is 0 Å². The van der Waals surface area contributed by atoms with Crippen LogP contribution in [-0.2, 0) is 16.0 Å². The number of anilines is 2. The lowest BCUT2D eigenvalue weighted by atomic mass is 10.1. The average molecular weight is 399 g/mol. The summed E-state index contributed by atoms with van der Waals surface area (Å²) in [6, 6.07) is 2.38. The van der Waals surface area contributed by atoms with Gasteiger partial charge in [-0.25, -0.2) is 19.9 Å². The molecule has 29 heavy (non-hydrogen) atoms. The summed E-state index contributed by atoms with van der Waals surface area (Å²) >= 11 is 0. The van der Waals surface area contributed by atoms with Crippen molar-refractivity contribution in [2.75, 3.05) is 29.5 Å². The first-order valence-electron chi connectivity index (χ1n) is 10.1. The molecular formula is C20H29N7O2. The first-order chi connectivity index (χ1) is 14.0. The van der Waals surface area contributed by atoms with Gasteiger partial charge in [-0.15, -0.1) is 0 Å². The Hall–Kier alpha value is -2.84. The zero-order valence-electron chi connectivity index (χ0n) is 17.6. The fraction of sp³-hybridized carbons (Fsp3) is 0.600. The Labute approximate surface area is 171 Å². The minimum absolute atomic E-state index is 0.171. The van der Waals surface area contributed by atoms with Crippen LogP contribution in [0.25, 0.3) is 0 Å². The number of nitrogens with zero attached hydrogens (tertiary/aromatic N) is 7. The quantitative estimate of drug-likeness (QED) is 0.647. The van der Waals surface area contributed by atoms with Gasteiger partial charge in [-0.1, -0.05) is 6.92 Å². The molecule has 1 aliphatic heterocycles. The van der Waals surface area contributed by atoms with E-state index in [9.17, 15) is 4.79 Å². The van der Waals surface area contributed by atoms with Crippen LogP contribution < -0.4 is 9.80 Å². The number of aryl methyl sites for hydroxylation is 1. The van der Waals surface area contributed by atoms with Crippen LogP contribution in [0.15, 0.2) is 18.6 Å². The predicted molar refractivity (Wildman–Crippen MR) is 110 cm³/mol. The zero-order valence-corrected chi connectivity index (χ0v) is 17.6. The Kier molecular flexibility index (Phi) is 6.90. The Balaban J connectivity index is 1.65. The Bertz CT molecular complexity index is 820. The highest BCUT2D eigenvalue weighted by Gasteiger charge is 2.31. The third-order valence-corrected chi connectivity index (χ3v) is 4.88. The maximum Gasteiger partial charge on any atom is 0.305 e. The number of piperazine rings is 1. The van der Waals surface area contributed by atoms with Crippen LogP contribution in [0.1, 0.15) is 45.3 Å². The molecule has 9 nitrogen and oxygen atoms in total. The molecule has 0 amide bonds. The van der Waals surface area contributed by atoms with Crippen LogP contribution in [-0.4, -0.2) is 62.7 Å². The largest absolute Gasteiger partial charge is 0.465 e. The average Bonchev–Trinajstić information content (AvgIpc) is 2.68. The van der Waals surface area contributed by atoms with E-state index in [-0.39, 0.29) is 18.1 Å². The van der Waals surface area contributed by atoms with E-state index in [0.29, 0.717) is 31.2 Å². The van der Waals surface area contributed by atoms with Gasteiger partial charge in [-0.05, 0) is 33.3 Å². The van der Waals surface area contributed by atoms with Gasteiger partial charge >= 0.3 is 5.97 Å². The molecule has 0 aliphatic carbocycles. The molecule has 9 heteroatoms. The maximum atomic E-state index is 11.5. The molecule has 2 atom stereocenters. The third kappa shape index (κ3) is 5.36. The second kappa shape index (κ2) is 9.58. The van der Waals surface area contributed by atoms with Gasteiger partial charge < -0.3 is 14.5 Å². The minimum Gasteiger partial charge on any atom is -0.465 e. The molecule has 1 fully saturated rings. The van der Waals surface area contributed by atoms with Gasteiger partial charge in [0.05, 0.1) is 6.61 Å². The van der Waals surface area contributed by atoms with Crippen LogP contribution >= 0.6 is 0 Å². The van der Waals surface area contributed by atoms with Crippen molar-refractivity contribution in [2.45, 2.75) is 59.0 Å². The highest BCUT2D eigenvalue weighted by molar-refractivity contribution is 5.69. The molecule has 0 radical (unpaired) electrons. The highest BCUT2D eigenvalue weighted by Crippen LogP contribution is 2.24. The fourth-order valence-electron chi connectivity index (χ4n) is 3.64. The lowest BCUT2D eigenvalue weighted by Gasteiger charge is -2.45. The van der Waals surface area contributed by atoms with Crippen LogP contribution in [0.2, 0.25) is 0 Å². The smallest absolute Gasteiger partial charge is 0.305 e. The number of rotatable bonds is 7. The van der Waals surface area contributed by atoms with Crippen LogP contribution in [0.4, 0.5) is 11.8 Å². The molecule has 1 saturated heterocycles. The van der Waals surface area contributed by atoms with Gasteiger partial charge in [-0.3, -0.25) is 4.79 Å². The van der Waals surface area contributed by atoms with Gasteiger partial charge in [0.1, 0.15) is 23.8 Å². The number of hydrogen-bond donors (Lipinski definition) is 0. The first kappa shape index (κ1) is 20.9. The number of carbonyl (C=O) groups is 1. The summed E-state index contributed by atoms with van der Waals surface area (Å²) in [6.07, 6.45) is 5.07. The molecule has 2 aromatic heterocycles. The van der Waals surface area contributed by atoms with Crippen LogP contribution in [0.5, 0.6) is 0 Å². The summed E-state index contributed by atoms with van der Waals surface area (Å²) in [7, 11) is 0. The minimum atomic E-state index is -0.171. The summed E-state index contributed by atoms with van der Waals surface area (Å²) in [5, 5.41) is 0. The van der Waals surface area contributed by atoms with E-state index in [0.717, 1.165) is 31.2 Å². The van der Waals surface area contributed by atoms with E-state index in [1.165, 1.54) is 0 Å². The van der Waals surface area contributed by atoms with Crippen molar-refractivity contribution in [3.8, 4) is 0 Å². The molecule has 0 spiro atoms. The molecule has 1 aliphatic rings. The monoisotopic (exact) mass is 399 g/mol. The second-order valence-corrected chi connectivity index (χ2v) is 7.39. The van der Waals surface area contributed by atoms with E-state index in [1.807, 2.05) is 19.9 Å². The zero-order chi connectivity index (χ0) is 20.8. The van der Waals surface area contributed by atoms with Crippen molar-refractivity contribution in [1.29, 1.82) is 0 Å². The summed E-state index contributed by atoms with van der Waals surface area (Å²) in [6.45, 7) is 10.1. The van der Waals surface area contributed by atoms with Gasteiger partial charge in [0.2, 0.25) is 5.95 Å². The first-order valence-corrected chi connectivity index (χ1v) is 10.1. The molecule has 2 aromatic rings. The van der Waals surface area contributed by atoms with E-state index in [4.69, 9.17) is 9.72 Å². The summed E-state index contributed by atoms with van der Waals surface area (Å²) in [5.74, 6) is 2.84. The normalized spacial score (nSPS) is 19.3. The number of esters is 1. The molecule has 0 saturated carbocycles. The van der Waals surface area contributed by atoms with E-state index < -0.39 is 0 Å². The Morgan fingerprint density at radius 1 is 1.17 bits per heavy atom. The fourth-order valence-corrected chi connectivity index (χ4v) is 3.64. The lowest BCUT2D eigenvalue weighted by Crippen LogP contribution is -2.57. The number of carbonyl (C=O) groups excluding carboxylic acids is 1. The van der Waals surface area contributed by atoms with Crippen LogP contribution in [0.3, 0.4) is 0 Å². The van der Waals surface area contributed by atoms with Crippen molar-refractivity contribution in [2.24, 2.45) is 0 Å². The molecule has 0 N–H and O–H groups in total. The van der Waals surface area contributed by atoms with Gasteiger partial charge in [0.25, 0.3) is 0 Å². The summed E-state index contributed by atoms with van der Waals surface area (Å²) < 4.78 is 5.23. The maximum absolute atomic E-state index is 11.5. The molecule has 3 heterocycles. The molecule has 156 valence electrons. The van der Waals surface area contributed by atoms with Crippen molar-refractivity contribution in [1.82, 2.24) is 24.9 Å². The summed E-state index contributed by atoms with van der Waals surface area (Å²) in [4.78, 5) is 37.9. The number of aromatic nitrogens is 5. The Morgan fingerprint density at radius 2 is 1.93 bits per heavy atom. The second-order valence-electron chi connectivity index (χ2n) is 7.39. The molecule has 0 bridgehead atoms. The predicted octanol–water partition coefficient (Wildman–Crippen LogP) is 1.96. The van der Waals surface area contributed by atoms with E-state index in [2.05, 4.69) is 43.6 Å². The highest BCUT2D eigenvalue weighted by atomic mass is 16.5. The lowest BCUT2D eigenvalue weighted by molar-refractivity contribution is -0.143. The van der Waals surface area contributed by atoms with Crippen molar-refractivity contribution in [3.63, 3.8) is 0 Å². The van der Waals surface area contributed by atoms with Crippen molar-refractivity contribution in [3.05, 3.63) is 30.2 Å². The molecular weight excluding hydrogens is 370 g/mol. The Morgan fingerprint density at radius 3 is 2.62 bits per heavy atom. The standard InChI is InChI=1S/C20H29N7O2/c1-5-6-19(28)29-10-8-17-21-9-7-18(25-17)27-14(2)11-26(12-15(27)3)20-23-13-22-16(4)24-20/h7,9,13-15H,5-6,8,10-12H2,1-4H3/t14-,15+. The van der Waals surface area contributed by atoms with E-state index >= 15 is 0 Å². The van der Waals surface area contributed by atoms with Crippen LogP contribution in [0, 0.1) is 6.92 Å². The van der Waals surface area contributed by atoms with Crippen molar-refractivity contribution >= 4 is 17.7 Å². The van der Waals surface area contributed by atoms with Gasteiger partial charge in [-0.2, -0.15) is 4.98 Å². The molecule has 0 aromatic carbocycles. The van der Waals surface area contributed by atoms with Crippen molar-refractivity contribution < 1.29 is 9.53 Å². The molecule has 3 rings (SSSR count).